The number of hydrogen-bond acceptors (Lipinski definition) is 2. The van der Waals surface area contributed by atoms with Crippen molar-refractivity contribution >= 4 is 5.91 Å². The molecule has 0 aliphatic heterocycles. The minimum absolute atomic E-state index is 0.0649. The molecule has 74 valence electrons. The van der Waals surface area contributed by atoms with E-state index in [0.717, 1.165) is 6.42 Å². The number of rotatable bonds is 5. The maximum absolute atomic E-state index is 11.3. The molecule has 0 aliphatic carbocycles. The van der Waals surface area contributed by atoms with Crippen LogP contribution in [0.4, 0.5) is 0 Å². The van der Waals surface area contributed by atoms with Crippen molar-refractivity contribution in [3.8, 4) is 12.3 Å². The molecular weight excluding hydrogens is 164 g/mol. The van der Waals surface area contributed by atoms with E-state index in [1.54, 1.807) is 0 Å². The van der Waals surface area contributed by atoms with Crippen LogP contribution >= 0.6 is 0 Å². The van der Waals surface area contributed by atoms with Crippen molar-refractivity contribution in [2.75, 3.05) is 0 Å². The molecule has 13 heavy (non-hydrogen) atoms. The Balaban J connectivity index is 3.94. The number of amides is 1. The number of carbonyl (C=O) groups excluding carboxylic acids is 1. The van der Waals surface area contributed by atoms with Gasteiger partial charge in [0.15, 0.2) is 0 Å². The zero-order chi connectivity index (χ0) is 10.3. The molecule has 1 amide bonds. The van der Waals surface area contributed by atoms with E-state index in [4.69, 9.17) is 12.2 Å². The van der Waals surface area contributed by atoms with Gasteiger partial charge in [-0.2, -0.15) is 0 Å². The summed E-state index contributed by atoms with van der Waals surface area (Å²) in [7, 11) is 0. The highest BCUT2D eigenvalue weighted by molar-refractivity contribution is 5.81. The highest BCUT2D eigenvalue weighted by atomic mass is 16.2. The van der Waals surface area contributed by atoms with Crippen LogP contribution in [0.25, 0.3) is 0 Å². The highest BCUT2D eigenvalue weighted by Gasteiger charge is 2.14. The third kappa shape index (κ3) is 4.54. The Kier molecular flexibility index (Phi) is 5.99. The van der Waals surface area contributed by atoms with Crippen molar-refractivity contribution in [2.24, 2.45) is 5.73 Å². The Morgan fingerprint density at radius 3 is 2.54 bits per heavy atom. The van der Waals surface area contributed by atoms with Crippen LogP contribution in [0.3, 0.4) is 0 Å². The van der Waals surface area contributed by atoms with Crippen LogP contribution in [-0.2, 0) is 4.79 Å². The summed E-state index contributed by atoms with van der Waals surface area (Å²) in [6, 6.07) is -0.345. The Labute approximate surface area is 80.1 Å². The molecule has 0 saturated carbocycles. The number of terminal acetylenes is 1. The van der Waals surface area contributed by atoms with E-state index < -0.39 is 6.04 Å². The summed E-state index contributed by atoms with van der Waals surface area (Å²) in [6.07, 6.45) is 7.22. The van der Waals surface area contributed by atoms with Gasteiger partial charge in [0.25, 0.3) is 0 Å². The van der Waals surface area contributed by atoms with Gasteiger partial charge in [0.1, 0.15) is 0 Å². The summed E-state index contributed by atoms with van der Waals surface area (Å²) in [4.78, 5) is 11.3. The summed E-state index contributed by atoms with van der Waals surface area (Å²) in [5.74, 6) is 2.42. The SMILES string of the molecule is C#CCC(CC)NC(=O)[C@H](N)CC. The average molecular weight is 182 g/mol. The first-order valence-electron chi connectivity index (χ1n) is 4.65. The zero-order valence-electron chi connectivity index (χ0n) is 8.34. The van der Waals surface area contributed by atoms with E-state index >= 15 is 0 Å². The second-order valence-corrected chi connectivity index (χ2v) is 3.04. The molecule has 0 rings (SSSR count). The summed E-state index contributed by atoms with van der Waals surface area (Å²) in [5, 5.41) is 2.81. The minimum atomic E-state index is -0.410. The molecule has 1 unspecified atom stereocenters. The van der Waals surface area contributed by atoms with Gasteiger partial charge in [-0.15, -0.1) is 12.3 Å². The quantitative estimate of drug-likeness (QED) is 0.613. The van der Waals surface area contributed by atoms with Gasteiger partial charge < -0.3 is 11.1 Å². The predicted octanol–water partition coefficient (Wildman–Crippen LogP) is 0.642. The van der Waals surface area contributed by atoms with Gasteiger partial charge in [-0.25, -0.2) is 0 Å². The Morgan fingerprint density at radius 1 is 1.54 bits per heavy atom. The van der Waals surface area contributed by atoms with Gasteiger partial charge >= 0.3 is 0 Å². The lowest BCUT2D eigenvalue weighted by atomic mass is 10.1. The molecule has 3 heteroatoms. The Bertz CT molecular complexity index is 196. The Hall–Kier alpha value is -1.01. The molecule has 0 radical (unpaired) electrons. The van der Waals surface area contributed by atoms with E-state index in [0.29, 0.717) is 12.8 Å². The summed E-state index contributed by atoms with van der Waals surface area (Å²) >= 11 is 0. The first-order chi connectivity index (χ1) is 6.15. The highest BCUT2D eigenvalue weighted by Crippen LogP contribution is 1.97. The lowest BCUT2D eigenvalue weighted by molar-refractivity contribution is -0.123. The van der Waals surface area contributed by atoms with E-state index in [9.17, 15) is 4.79 Å². The van der Waals surface area contributed by atoms with Crippen LogP contribution in [0.5, 0.6) is 0 Å². The van der Waals surface area contributed by atoms with Crippen molar-refractivity contribution in [1.29, 1.82) is 0 Å². The van der Waals surface area contributed by atoms with Gasteiger partial charge in [-0.05, 0) is 12.8 Å². The third-order valence-electron chi connectivity index (χ3n) is 1.98. The van der Waals surface area contributed by atoms with Crippen LogP contribution in [0, 0.1) is 12.3 Å². The van der Waals surface area contributed by atoms with Crippen LogP contribution < -0.4 is 11.1 Å². The topological polar surface area (TPSA) is 55.1 Å². The number of hydrogen-bond donors (Lipinski definition) is 2. The molecule has 0 bridgehead atoms. The molecule has 0 fully saturated rings. The fraction of sp³-hybridized carbons (Fsp3) is 0.700. The largest absolute Gasteiger partial charge is 0.351 e. The molecular formula is C10H18N2O. The molecule has 0 aromatic heterocycles. The van der Waals surface area contributed by atoms with Crippen LogP contribution in [0.2, 0.25) is 0 Å². The Morgan fingerprint density at radius 2 is 2.15 bits per heavy atom. The fourth-order valence-electron chi connectivity index (χ4n) is 0.933. The van der Waals surface area contributed by atoms with Crippen molar-refractivity contribution < 1.29 is 4.79 Å². The minimum Gasteiger partial charge on any atom is -0.351 e. The summed E-state index contributed by atoms with van der Waals surface area (Å²) < 4.78 is 0. The van der Waals surface area contributed by atoms with E-state index in [1.807, 2.05) is 13.8 Å². The summed E-state index contributed by atoms with van der Waals surface area (Å²) in [5.41, 5.74) is 5.55. The smallest absolute Gasteiger partial charge is 0.237 e. The van der Waals surface area contributed by atoms with Crippen LogP contribution in [0.1, 0.15) is 33.1 Å². The molecule has 0 aromatic rings. The fourth-order valence-corrected chi connectivity index (χ4v) is 0.933. The van der Waals surface area contributed by atoms with Crippen molar-refractivity contribution in [1.82, 2.24) is 5.32 Å². The van der Waals surface area contributed by atoms with Gasteiger partial charge in [0.05, 0.1) is 6.04 Å². The zero-order valence-corrected chi connectivity index (χ0v) is 8.34. The second-order valence-electron chi connectivity index (χ2n) is 3.04. The van der Waals surface area contributed by atoms with E-state index in [2.05, 4.69) is 11.2 Å². The molecule has 3 N–H and O–H groups in total. The van der Waals surface area contributed by atoms with Crippen molar-refractivity contribution in [3.63, 3.8) is 0 Å². The van der Waals surface area contributed by atoms with Crippen LogP contribution in [-0.4, -0.2) is 18.0 Å². The second kappa shape index (κ2) is 6.50. The standard InChI is InChI=1S/C10H18N2O/c1-4-7-8(5-2)12-10(13)9(11)6-3/h1,8-9H,5-7,11H2,2-3H3,(H,12,13)/t8?,9-/m1/s1. The van der Waals surface area contributed by atoms with Gasteiger partial charge in [-0.1, -0.05) is 13.8 Å². The number of nitrogens with one attached hydrogen (secondary N) is 1. The normalized spacial score (nSPS) is 14.3. The maximum atomic E-state index is 11.3. The monoisotopic (exact) mass is 182 g/mol. The molecule has 3 nitrogen and oxygen atoms in total. The molecule has 0 spiro atoms. The summed E-state index contributed by atoms with van der Waals surface area (Å²) in [6.45, 7) is 3.87. The van der Waals surface area contributed by atoms with Crippen molar-refractivity contribution in [3.05, 3.63) is 0 Å². The molecule has 0 heterocycles. The molecule has 2 atom stereocenters. The van der Waals surface area contributed by atoms with E-state index in [-0.39, 0.29) is 11.9 Å². The molecule has 0 saturated heterocycles. The first kappa shape index (κ1) is 12.0. The van der Waals surface area contributed by atoms with Gasteiger partial charge in [0, 0.05) is 12.5 Å². The van der Waals surface area contributed by atoms with Crippen LogP contribution in [0.15, 0.2) is 0 Å². The maximum Gasteiger partial charge on any atom is 0.237 e. The molecule has 0 aliphatic rings. The average Bonchev–Trinajstić information content (AvgIpc) is 2.15. The lowest BCUT2D eigenvalue weighted by Gasteiger charge is -2.16. The van der Waals surface area contributed by atoms with Gasteiger partial charge in [-0.3, -0.25) is 4.79 Å². The third-order valence-corrected chi connectivity index (χ3v) is 1.98. The number of nitrogens with two attached hydrogens (primary N) is 1. The van der Waals surface area contributed by atoms with Gasteiger partial charge in [0.2, 0.25) is 5.91 Å². The van der Waals surface area contributed by atoms with E-state index in [1.165, 1.54) is 0 Å². The first-order valence-corrected chi connectivity index (χ1v) is 4.65. The molecule has 0 aromatic carbocycles. The predicted molar refractivity (Wildman–Crippen MR) is 53.9 cm³/mol. The lowest BCUT2D eigenvalue weighted by Crippen LogP contribution is -2.44. The van der Waals surface area contributed by atoms with Crippen molar-refractivity contribution in [2.45, 2.75) is 45.2 Å². The number of carbonyl (C=O) groups is 1.